The fourth-order valence-corrected chi connectivity index (χ4v) is 5.11. The number of carbonyl (C=O) groups excluding carboxylic acids is 3. The second-order valence-corrected chi connectivity index (χ2v) is 11.2. The summed E-state index contributed by atoms with van der Waals surface area (Å²) in [6.45, 7) is 14.2. The lowest BCUT2D eigenvalue weighted by Gasteiger charge is -2.39. The topological polar surface area (TPSA) is 147 Å². The zero-order valence-corrected chi connectivity index (χ0v) is 24.0. The summed E-state index contributed by atoms with van der Waals surface area (Å²) in [4.78, 5) is 47.2. The van der Waals surface area contributed by atoms with Gasteiger partial charge in [0, 0.05) is 24.7 Å². The summed E-state index contributed by atoms with van der Waals surface area (Å²) >= 11 is 0. The second kappa shape index (κ2) is 12.6. The molecule has 2 aliphatic rings. The SMILES string of the molecule is C=Cc1c(CN2CC(N)N(C(=O)CNCc3cc(C4CCCN4C(=O)OC(C)(C)C)no3)CC2=O)cccc1N=C. The number of piperazine rings is 1. The van der Waals surface area contributed by atoms with Crippen LogP contribution in [-0.2, 0) is 27.4 Å². The maximum absolute atomic E-state index is 12.9. The molecule has 2 aromatic rings. The van der Waals surface area contributed by atoms with E-state index in [1.807, 2.05) is 39.0 Å². The lowest BCUT2D eigenvalue weighted by molar-refractivity contribution is -0.149. The van der Waals surface area contributed by atoms with Gasteiger partial charge in [-0.1, -0.05) is 29.9 Å². The summed E-state index contributed by atoms with van der Waals surface area (Å²) < 4.78 is 11.0. The molecular formula is C29H39N7O5. The van der Waals surface area contributed by atoms with E-state index in [0.717, 1.165) is 24.0 Å². The van der Waals surface area contributed by atoms with Gasteiger partial charge in [0.1, 0.15) is 17.8 Å². The van der Waals surface area contributed by atoms with Crippen molar-refractivity contribution in [3.8, 4) is 0 Å². The Balaban J connectivity index is 1.28. The number of hydrogen-bond donors (Lipinski definition) is 2. The molecule has 0 aliphatic carbocycles. The summed E-state index contributed by atoms with van der Waals surface area (Å²) in [6.07, 6.45) is 2.28. The first-order valence-corrected chi connectivity index (χ1v) is 13.7. The van der Waals surface area contributed by atoms with Crippen LogP contribution in [0.2, 0.25) is 0 Å². The van der Waals surface area contributed by atoms with E-state index in [1.54, 1.807) is 21.9 Å². The van der Waals surface area contributed by atoms with Gasteiger partial charge in [0.15, 0.2) is 5.76 Å². The van der Waals surface area contributed by atoms with Crippen molar-refractivity contribution in [2.45, 2.75) is 64.5 Å². The molecule has 41 heavy (non-hydrogen) atoms. The van der Waals surface area contributed by atoms with Crippen molar-refractivity contribution in [1.29, 1.82) is 0 Å². The molecule has 0 saturated carbocycles. The van der Waals surface area contributed by atoms with E-state index in [1.165, 1.54) is 4.90 Å². The van der Waals surface area contributed by atoms with Crippen molar-refractivity contribution in [2.24, 2.45) is 10.7 Å². The number of aliphatic imine (C=N–C) groups is 1. The summed E-state index contributed by atoms with van der Waals surface area (Å²) in [5, 5.41) is 7.20. The molecule has 1 aromatic heterocycles. The van der Waals surface area contributed by atoms with Gasteiger partial charge in [0.25, 0.3) is 0 Å². The van der Waals surface area contributed by atoms with Gasteiger partial charge in [-0.05, 0) is 52.0 Å². The zero-order valence-electron chi connectivity index (χ0n) is 24.0. The number of amides is 3. The predicted molar refractivity (Wildman–Crippen MR) is 154 cm³/mol. The van der Waals surface area contributed by atoms with E-state index in [-0.39, 0.29) is 50.1 Å². The van der Waals surface area contributed by atoms with Gasteiger partial charge in [-0.25, -0.2) is 4.79 Å². The number of benzene rings is 1. The highest BCUT2D eigenvalue weighted by molar-refractivity contribution is 5.87. The Morgan fingerprint density at radius 1 is 1.32 bits per heavy atom. The van der Waals surface area contributed by atoms with Crippen LogP contribution in [0.15, 0.2) is 40.4 Å². The Kier molecular flexibility index (Phi) is 9.24. The Hall–Kier alpha value is -4.03. The highest BCUT2D eigenvalue weighted by Gasteiger charge is 2.35. The molecule has 0 spiro atoms. The van der Waals surface area contributed by atoms with Crippen molar-refractivity contribution in [1.82, 2.24) is 25.2 Å². The van der Waals surface area contributed by atoms with Crippen molar-refractivity contribution in [3.05, 3.63) is 53.4 Å². The van der Waals surface area contributed by atoms with E-state index >= 15 is 0 Å². The molecule has 0 bridgehead atoms. The molecule has 2 atom stereocenters. The van der Waals surface area contributed by atoms with Crippen LogP contribution < -0.4 is 11.1 Å². The molecular weight excluding hydrogens is 526 g/mol. The minimum atomic E-state index is -0.645. The Labute approximate surface area is 240 Å². The molecule has 2 unspecified atom stereocenters. The standard InChI is InChI=1S/C29H39N7O5/c1-6-21-19(9-7-10-22(21)31-5)16-34-17-25(30)36(18-27(34)38)26(37)15-32-14-20-13-23(33-41-20)24-11-8-12-35(24)28(39)40-29(2,3)4/h6-7,9-10,13,24-25,32H,1,5,8,11-12,14-18,30H2,2-4H3. The van der Waals surface area contributed by atoms with Crippen LogP contribution in [0.25, 0.3) is 6.08 Å². The van der Waals surface area contributed by atoms with E-state index in [4.69, 9.17) is 15.0 Å². The number of rotatable bonds is 9. The van der Waals surface area contributed by atoms with Crippen LogP contribution in [0, 0.1) is 0 Å². The minimum absolute atomic E-state index is 0.0296. The molecule has 2 aliphatic heterocycles. The number of ether oxygens (including phenoxy) is 1. The van der Waals surface area contributed by atoms with Crippen LogP contribution in [0.5, 0.6) is 0 Å². The summed E-state index contributed by atoms with van der Waals surface area (Å²) in [5.41, 5.74) is 8.76. The van der Waals surface area contributed by atoms with Gasteiger partial charge in [-0.3, -0.25) is 19.5 Å². The summed E-state index contributed by atoms with van der Waals surface area (Å²) in [7, 11) is 0. The summed E-state index contributed by atoms with van der Waals surface area (Å²) in [6, 6.07) is 7.15. The number of hydrogen-bond acceptors (Lipinski definition) is 9. The largest absolute Gasteiger partial charge is 0.444 e. The van der Waals surface area contributed by atoms with Gasteiger partial charge < -0.3 is 30.1 Å². The fourth-order valence-electron chi connectivity index (χ4n) is 5.11. The third-order valence-electron chi connectivity index (χ3n) is 7.07. The Bertz CT molecular complexity index is 1300. The van der Waals surface area contributed by atoms with Crippen LogP contribution in [0.1, 0.15) is 62.2 Å². The third kappa shape index (κ3) is 7.19. The first kappa shape index (κ1) is 29.9. The van der Waals surface area contributed by atoms with Crippen LogP contribution in [0.4, 0.5) is 10.5 Å². The zero-order chi connectivity index (χ0) is 29.7. The molecule has 1 aromatic carbocycles. The molecule has 2 fully saturated rings. The number of likely N-dealkylation sites (tertiary alicyclic amines) is 1. The highest BCUT2D eigenvalue weighted by atomic mass is 16.6. The van der Waals surface area contributed by atoms with Gasteiger partial charge in [-0.2, -0.15) is 0 Å². The third-order valence-corrected chi connectivity index (χ3v) is 7.07. The number of nitrogens with zero attached hydrogens (tertiary/aromatic N) is 5. The number of aromatic nitrogens is 1. The first-order chi connectivity index (χ1) is 19.5. The van der Waals surface area contributed by atoms with Crippen molar-refractivity contribution >= 4 is 36.4 Å². The van der Waals surface area contributed by atoms with Crippen LogP contribution in [0.3, 0.4) is 0 Å². The van der Waals surface area contributed by atoms with Crippen molar-refractivity contribution in [2.75, 3.05) is 26.2 Å². The van der Waals surface area contributed by atoms with Gasteiger partial charge >= 0.3 is 6.09 Å². The normalized spacial score (nSPS) is 19.4. The first-order valence-electron chi connectivity index (χ1n) is 13.7. The average Bonchev–Trinajstić information content (AvgIpc) is 3.59. The van der Waals surface area contributed by atoms with E-state index in [0.29, 0.717) is 30.2 Å². The van der Waals surface area contributed by atoms with E-state index in [2.05, 4.69) is 28.8 Å². The van der Waals surface area contributed by atoms with Crippen molar-refractivity contribution < 1.29 is 23.6 Å². The molecule has 12 heteroatoms. The maximum Gasteiger partial charge on any atom is 0.410 e. The van der Waals surface area contributed by atoms with E-state index in [9.17, 15) is 14.4 Å². The monoisotopic (exact) mass is 565 g/mol. The molecule has 12 nitrogen and oxygen atoms in total. The lowest BCUT2D eigenvalue weighted by Crippen LogP contribution is -2.62. The highest BCUT2D eigenvalue weighted by Crippen LogP contribution is 2.33. The molecule has 0 radical (unpaired) electrons. The fraction of sp³-hybridized carbons (Fsp3) is 0.483. The predicted octanol–water partition coefficient (Wildman–Crippen LogP) is 2.97. The molecule has 2 saturated heterocycles. The smallest absolute Gasteiger partial charge is 0.410 e. The summed E-state index contributed by atoms with van der Waals surface area (Å²) in [5.74, 6) is 0.0445. The maximum atomic E-state index is 12.9. The number of nitrogens with two attached hydrogens (primary N) is 1. The van der Waals surface area contributed by atoms with Gasteiger partial charge in [0.05, 0.1) is 37.5 Å². The quantitative estimate of drug-likeness (QED) is 0.441. The van der Waals surface area contributed by atoms with E-state index < -0.39 is 11.8 Å². The van der Waals surface area contributed by atoms with Crippen molar-refractivity contribution in [3.63, 3.8) is 0 Å². The molecule has 4 rings (SSSR count). The Morgan fingerprint density at radius 2 is 2.10 bits per heavy atom. The second-order valence-electron chi connectivity index (χ2n) is 11.2. The number of nitrogens with one attached hydrogen (secondary N) is 1. The van der Waals surface area contributed by atoms with Gasteiger partial charge in [-0.15, -0.1) is 0 Å². The molecule has 220 valence electrons. The van der Waals surface area contributed by atoms with Gasteiger partial charge in [0.2, 0.25) is 11.8 Å². The number of carbonyl (C=O) groups is 3. The average molecular weight is 566 g/mol. The molecule has 3 amide bonds. The lowest BCUT2D eigenvalue weighted by atomic mass is 10.0. The molecule has 3 N–H and O–H groups in total. The molecule has 3 heterocycles. The minimum Gasteiger partial charge on any atom is -0.444 e. The Morgan fingerprint density at radius 3 is 2.80 bits per heavy atom. The van der Waals surface area contributed by atoms with Crippen LogP contribution >= 0.6 is 0 Å². The van der Waals surface area contributed by atoms with Crippen LogP contribution in [-0.4, -0.2) is 82.4 Å².